The van der Waals surface area contributed by atoms with E-state index in [-0.39, 0.29) is 5.97 Å². The lowest BCUT2D eigenvalue weighted by Gasteiger charge is -2.23. The van der Waals surface area contributed by atoms with Crippen molar-refractivity contribution in [1.82, 2.24) is 0 Å². The molecular weight excluding hydrogens is 180 g/mol. The molecule has 0 aliphatic heterocycles. The first-order chi connectivity index (χ1) is 6.33. The molecule has 0 aliphatic rings. The summed E-state index contributed by atoms with van der Waals surface area (Å²) in [7, 11) is 6.44. The zero-order valence-electron chi connectivity index (χ0n) is 9.75. The van der Waals surface area contributed by atoms with Gasteiger partial charge in [0.2, 0.25) is 0 Å². The van der Waals surface area contributed by atoms with Crippen LogP contribution in [0.15, 0.2) is 0 Å². The minimum Gasteiger partial charge on any atom is -0.465 e. The normalized spacial score (nSPS) is 13.8. The smallest absolute Gasteiger partial charge is 0.322 e. The molecule has 0 saturated carbocycles. The summed E-state index contributed by atoms with van der Waals surface area (Å²) in [5.41, 5.74) is 5.34. The van der Waals surface area contributed by atoms with Crippen LogP contribution in [0.1, 0.15) is 19.8 Å². The van der Waals surface area contributed by atoms with E-state index in [4.69, 9.17) is 10.5 Å². The van der Waals surface area contributed by atoms with Gasteiger partial charge in [0.15, 0.2) is 0 Å². The molecule has 0 aromatic rings. The molecule has 0 bridgehead atoms. The van der Waals surface area contributed by atoms with E-state index >= 15 is 0 Å². The number of hydrogen-bond acceptors (Lipinski definition) is 3. The highest BCUT2D eigenvalue weighted by Gasteiger charge is 2.09. The lowest BCUT2D eigenvalue weighted by atomic mass is 10.3. The molecule has 0 aromatic carbocycles. The van der Waals surface area contributed by atoms with Gasteiger partial charge in [0.05, 0.1) is 34.3 Å². The number of ether oxygens (including phenoxy) is 1. The van der Waals surface area contributed by atoms with Crippen LogP contribution < -0.4 is 5.73 Å². The summed E-state index contributed by atoms with van der Waals surface area (Å²) >= 11 is 0. The van der Waals surface area contributed by atoms with Gasteiger partial charge in [-0.25, -0.2) is 0 Å². The fraction of sp³-hybridized carbons (Fsp3) is 0.900. The van der Waals surface area contributed by atoms with E-state index in [2.05, 4.69) is 21.1 Å². The fourth-order valence-electron chi connectivity index (χ4n) is 0.992. The number of nitrogens with two attached hydrogens (primary N) is 1. The Morgan fingerprint density at radius 3 is 2.36 bits per heavy atom. The fourth-order valence-corrected chi connectivity index (χ4v) is 0.992. The molecule has 0 amide bonds. The van der Waals surface area contributed by atoms with E-state index in [9.17, 15) is 4.79 Å². The lowest BCUT2D eigenvalue weighted by Crippen LogP contribution is -2.35. The molecule has 0 saturated heterocycles. The van der Waals surface area contributed by atoms with Crippen LogP contribution in [-0.2, 0) is 9.53 Å². The lowest BCUT2D eigenvalue weighted by molar-refractivity contribution is -0.870. The van der Waals surface area contributed by atoms with Crippen LogP contribution >= 0.6 is 0 Å². The second-order valence-electron chi connectivity index (χ2n) is 4.68. The van der Waals surface area contributed by atoms with Crippen LogP contribution in [0.5, 0.6) is 0 Å². The molecule has 0 radical (unpaired) electrons. The molecule has 0 heterocycles. The Labute approximate surface area is 86.6 Å². The number of carbonyl (C=O) groups is 1. The summed E-state index contributed by atoms with van der Waals surface area (Å²) < 4.78 is 5.89. The molecule has 84 valence electrons. The highest BCUT2D eigenvalue weighted by Crippen LogP contribution is 1.98. The Balaban J connectivity index is 3.35. The minimum absolute atomic E-state index is 0.310. The van der Waals surface area contributed by atoms with Crippen molar-refractivity contribution in [3.8, 4) is 0 Å². The highest BCUT2D eigenvalue weighted by atomic mass is 16.5. The number of carbonyl (C=O) groups excluding carboxylic acids is 1. The first-order valence-corrected chi connectivity index (χ1v) is 5.05. The van der Waals surface area contributed by atoms with Gasteiger partial charge in [-0.1, -0.05) is 0 Å². The van der Waals surface area contributed by atoms with Crippen molar-refractivity contribution < 1.29 is 14.0 Å². The van der Waals surface area contributed by atoms with Crippen molar-refractivity contribution in [2.45, 2.75) is 25.8 Å². The van der Waals surface area contributed by atoms with E-state index < -0.39 is 6.04 Å². The quantitative estimate of drug-likeness (QED) is 0.385. The second kappa shape index (κ2) is 5.98. The van der Waals surface area contributed by atoms with Crippen LogP contribution in [-0.4, -0.2) is 50.8 Å². The summed E-state index contributed by atoms with van der Waals surface area (Å²) in [6, 6.07) is -0.506. The topological polar surface area (TPSA) is 52.3 Å². The van der Waals surface area contributed by atoms with Gasteiger partial charge in [-0.05, 0) is 19.8 Å². The number of rotatable bonds is 6. The van der Waals surface area contributed by atoms with Crippen molar-refractivity contribution in [2.24, 2.45) is 5.73 Å². The van der Waals surface area contributed by atoms with Gasteiger partial charge in [0, 0.05) is 0 Å². The Hall–Kier alpha value is -0.610. The van der Waals surface area contributed by atoms with Crippen LogP contribution in [0.4, 0.5) is 0 Å². The van der Waals surface area contributed by atoms with E-state index in [0.29, 0.717) is 6.61 Å². The molecular formula is C10H23N2O2+. The second-order valence-corrected chi connectivity index (χ2v) is 4.68. The van der Waals surface area contributed by atoms with E-state index in [1.807, 2.05) is 0 Å². The van der Waals surface area contributed by atoms with Gasteiger partial charge in [0.1, 0.15) is 6.04 Å². The molecule has 0 spiro atoms. The number of esters is 1. The molecule has 2 N–H and O–H groups in total. The van der Waals surface area contributed by atoms with Gasteiger partial charge in [-0.3, -0.25) is 4.79 Å². The Bertz CT molecular complexity index is 173. The first kappa shape index (κ1) is 13.4. The summed E-state index contributed by atoms with van der Waals surface area (Å²) in [4.78, 5) is 11.0. The minimum atomic E-state index is -0.506. The zero-order valence-corrected chi connectivity index (χ0v) is 9.75. The third kappa shape index (κ3) is 8.01. The maximum atomic E-state index is 11.0. The van der Waals surface area contributed by atoms with Crippen molar-refractivity contribution in [3.05, 3.63) is 0 Å². The maximum Gasteiger partial charge on any atom is 0.322 e. The Kier molecular flexibility index (Phi) is 5.72. The van der Waals surface area contributed by atoms with Gasteiger partial charge in [-0.2, -0.15) is 0 Å². The number of quaternary nitrogens is 1. The third-order valence-corrected chi connectivity index (χ3v) is 1.84. The molecule has 0 fully saturated rings. The predicted molar refractivity (Wildman–Crippen MR) is 56.7 cm³/mol. The average molecular weight is 203 g/mol. The predicted octanol–water partition coefficient (Wildman–Crippen LogP) is 0.363. The Morgan fingerprint density at radius 1 is 1.36 bits per heavy atom. The van der Waals surface area contributed by atoms with Crippen LogP contribution in [0.2, 0.25) is 0 Å². The SMILES string of the molecule is CC(N)C(=O)OCCCC[N+](C)(C)C. The molecule has 0 aromatic heterocycles. The molecule has 1 atom stereocenters. The standard InChI is InChI=1S/C10H23N2O2/c1-9(11)10(13)14-8-6-5-7-12(2,3)4/h9H,5-8,11H2,1-4H3/q+1. The van der Waals surface area contributed by atoms with Crippen LogP contribution in [0.25, 0.3) is 0 Å². The van der Waals surface area contributed by atoms with E-state index in [0.717, 1.165) is 23.9 Å². The molecule has 4 nitrogen and oxygen atoms in total. The van der Waals surface area contributed by atoms with Crippen LogP contribution in [0, 0.1) is 0 Å². The largest absolute Gasteiger partial charge is 0.465 e. The van der Waals surface area contributed by atoms with Gasteiger partial charge < -0.3 is 15.0 Å². The number of nitrogens with zero attached hydrogens (tertiary/aromatic N) is 1. The van der Waals surface area contributed by atoms with Crippen molar-refractivity contribution in [1.29, 1.82) is 0 Å². The van der Waals surface area contributed by atoms with Crippen molar-refractivity contribution in [3.63, 3.8) is 0 Å². The molecule has 1 unspecified atom stereocenters. The van der Waals surface area contributed by atoms with E-state index in [1.54, 1.807) is 6.92 Å². The number of unbranched alkanes of at least 4 members (excludes halogenated alkanes) is 1. The monoisotopic (exact) mass is 203 g/mol. The van der Waals surface area contributed by atoms with E-state index in [1.165, 1.54) is 0 Å². The third-order valence-electron chi connectivity index (χ3n) is 1.84. The Morgan fingerprint density at radius 2 is 1.93 bits per heavy atom. The van der Waals surface area contributed by atoms with Gasteiger partial charge in [-0.15, -0.1) is 0 Å². The molecule has 0 aliphatic carbocycles. The summed E-state index contributed by atoms with van der Waals surface area (Å²) in [5.74, 6) is -0.310. The highest BCUT2D eigenvalue weighted by molar-refractivity contribution is 5.74. The molecule has 14 heavy (non-hydrogen) atoms. The van der Waals surface area contributed by atoms with Crippen molar-refractivity contribution in [2.75, 3.05) is 34.3 Å². The van der Waals surface area contributed by atoms with Gasteiger partial charge >= 0.3 is 5.97 Å². The van der Waals surface area contributed by atoms with Gasteiger partial charge in [0.25, 0.3) is 0 Å². The number of hydrogen-bond donors (Lipinski definition) is 1. The maximum absolute atomic E-state index is 11.0. The van der Waals surface area contributed by atoms with Crippen LogP contribution in [0.3, 0.4) is 0 Å². The summed E-state index contributed by atoms with van der Waals surface area (Å²) in [6.45, 7) is 3.21. The molecule has 0 rings (SSSR count). The molecule has 4 heteroatoms. The zero-order chi connectivity index (χ0) is 11.2. The first-order valence-electron chi connectivity index (χ1n) is 5.05. The summed E-state index contributed by atoms with van der Waals surface area (Å²) in [6.07, 6.45) is 1.98. The van der Waals surface area contributed by atoms with Crippen molar-refractivity contribution >= 4 is 5.97 Å². The average Bonchev–Trinajstić information content (AvgIpc) is 2.01. The summed E-state index contributed by atoms with van der Waals surface area (Å²) in [5, 5.41) is 0.